The summed E-state index contributed by atoms with van der Waals surface area (Å²) in [5.41, 5.74) is 4.00. The molecule has 2 saturated heterocycles. The minimum Gasteiger partial charge on any atom is -0.366 e. The Kier molecular flexibility index (Phi) is 5.62. The van der Waals surface area contributed by atoms with Gasteiger partial charge in [0.15, 0.2) is 0 Å². The van der Waals surface area contributed by atoms with Crippen molar-refractivity contribution in [1.29, 1.82) is 0 Å². The van der Waals surface area contributed by atoms with Gasteiger partial charge in [-0.25, -0.2) is 0 Å². The predicted molar refractivity (Wildman–Crippen MR) is 122 cm³/mol. The molecule has 4 rings (SSSR count). The van der Waals surface area contributed by atoms with Crippen LogP contribution in [0.2, 0.25) is 0 Å². The van der Waals surface area contributed by atoms with E-state index in [-0.39, 0.29) is 21.8 Å². The highest BCUT2D eigenvalue weighted by Gasteiger charge is 2.34. The average molecular weight is 441 g/mol. The molecule has 2 fully saturated rings. The van der Waals surface area contributed by atoms with Gasteiger partial charge in [0.25, 0.3) is 16.8 Å². The third kappa shape index (κ3) is 3.74. The second-order valence-electron chi connectivity index (χ2n) is 7.71. The molecule has 162 valence electrons. The number of imide groups is 1. The normalized spacial score (nSPS) is 18.0. The molecule has 2 aliphatic rings. The molecule has 1 aromatic heterocycles. The predicted octanol–water partition coefficient (Wildman–Crippen LogP) is 4.66. The van der Waals surface area contributed by atoms with Crippen molar-refractivity contribution in [3.8, 4) is 5.69 Å². The SMILES string of the molecule is CCN1C(=O)S/C(=C\c2cc(C)n(-c3ccc(N4CCCC4)c([N+](=O)[O-])c3)c2C)C1=O. The monoisotopic (exact) mass is 440 g/mol. The molecule has 3 heterocycles. The van der Waals surface area contributed by atoms with Gasteiger partial charge in [-0.05, 0) is 75.2 Å². The summed E-state index contributed by atoms with van der Waals surface area (Å²) in [6.45, 7) is 7.60. The Morgan fingerprint density at radius 2 is 1.87 bits per heavy atom. The molecule has 2 aromatic rings. The van der Waals surface area contributed by atoms with Gasteiger partial charge in [-0.3, -0.25) is 24.6 Å². The van der Waals surface area contributed by atoms with E-state index in [1.807, 2.05) is 36.6 Å². The number of hydrogen-bond acceptors (Lipinski definition) is 6. The smallest absolute Gasteiger partial charge is 0.294 e. The Morgan fingerprint density at radius 3 is 2.48 bits per heavy atom. The first-order chi connectivity index (χ1) is 14.8. The van der Waals surface area contributed by atoms with E-state index in [0.29, 0.717) is 22.8 Å². The van der Waals surface area contributed by atoms with Gasteiger partial charge < -0.3 is 9.47 Å². The van der Waals surface area contributed by atoms with Crippen LogP contribution < -0.4 is 4.90 Å². The van der Waals surface area contributed by atoms with E-state index in [9.17, 15) is 19.7 Å². The molecule has 31 heavy (non-hydrogen) atoms. The lowest BCUT2D eigenvalue weighted by Crippen LogP contribution is -2.27. The molecule has 0 unspecified atom stereocenters. The van der Waals surface area contributed by atoms with Crippen LogP contribution in [0.1, 0.15) is 36.7 Å². The van der Waals surface area contributed by atoms with Gasteiger partial charge in [0.1, 0.15) is 5.69 Å². The quantitative estimate of drug-likeness (QED) is 0.382. The lowest BCUT2D eigenvalue weighted by Gasteiger charge is -2.19. The van der Waals surface area contributed by atoms with Crippen LogP contribution in [0.15, 0.2) is 29.2 Å². The fourth-order valence-corrected chi connectivity index (χ4v) is 5.16. The maximum Gasteiger partial charge on any atom is 0.294 e. The summed E-state index contributed by atoms with van der Waals surface area (Å²) in [6, 6.07) is 7.26. The number of thioether (sulfide) groups is 1. The van der Waals surface area contributed by atoms with E-state index < -0.39 is 0 Å². The summed E-state index contributed by atoms with van der Waals surface area (Å²) in [7, 11) is 0. The van der Waals surface area contributed by atoms with Crippen molar-refractivity contribution in [3.05, 3.63) is 56.2 Å². The van der Waals surface area contributed by atoms with E-state index in [1.54, 1.807) is 19.1 Å². The van der Waals surface area contributed by atoms with Gasteiger partial charge in [0, 0.05) is 37.1 Å². The second kappa shape index (κ2) is 8.22. The van der Waals surface area contributed by atoms with Crippen molar-refractivity contribution >= 4 is 40.4 Å². The number of aromatic nitrogens is 1. The zero-order chi connectivity index (χ0) is 22.3. The zero-order valence-electron chi connectivity index (χ0n) is 17.8. The van der Waals surface area contributed by atoms with E-state index in [0.717, 1.165) is 54.6 Å². The third-order valence-electron chi connectivity index (χ3n) is 5.81. The minimum atomic E-state index is -0.326. The van der Waals surface area contributed by atoms with Crippen molar-refractivity contribution in [1.82, 2.24) is 9.47 Å². The largest absolute Gasteiger partial charge is 0.366 e. The number of carbonyl (C=O) groups excluding carboxylic acids is 2. The Balaban J connectivity index is 1.73. The lowest BCUT2D eigenvalue weighted by molar-refractivity contribution is -0.384. The molecular weight excluding hydrogens is 416 g/mol. The van der Waals surface area contributed by atoms with Crippen LogP contribution in [0.25, 0.3) is 11.8 Å². The van der Waals surface area contributed by atoms with Crippen LogP contribution in [-0.2, 0) is 4.79 Å². The number of hydrogen-bond donors (Lipinski definition) is 0. The van der Waals surface area contributed by atoms with Crippen LogP contribution >= 0.6 is 11.8 Å². The highest BCUT2D eigenvalue weighted by molar-refractivity contribution is 8.18. The summed E-state index contributed by atoms with van der Waals surface area (Å²) in [5.74, 6) is -0.284. The summed E-state index contributed by atoms with van der Waals surface area (Å²) in [5, 5.41) is 11.5. The van der Waals surface area contributed by atoms with E-state index in [1.165, 1.54) is 4.90 Å². The number of aryl methyl sites for hydroxylation is 1. The first-order valence-corrected chi connectivity index (χ1v) is 11.1. The van der Waals surface area contributed by atoms with Crippen molar-refractivity contribution in [2.75, 3.05) is 24.5 Å². The summed E-state index contributed by atoms with van der Waals surface area (Å²) >= 11 is 0.938. The van der Waals surface area contributed by atoms with E-state index >= 15 is 0 Å². The van der Waals surface area contributed by atoms with Crippen molar-refractivity contribution in [3.63, 3.8) is 0 Å². The molecule has 0 saturated carbocycles. The van der Waals surface area contributed by atoms with Crippen LogP contribution in [0.3, 0.4) is 0 Å². The van der Waals surface area contributed by atoms with Gasteiger partial charge in [0.2, 0.25) is 0 Å². The Morgan fingerprint density at radius 1 is 1.16 bits per heavy atom. The first-order valence-electron chi connectivity index (χ1n) is 10.3. The fourth-order valence-electron chi connectivity index (χ4n) is 4.27. The first kappa shape index (κ1) is 21.2. The molecule has 0 aliphatic carbocycles. The number of carbonyl (C=O) groups is 2. The van der Waals surface area contributed by atoms with Crippen molar-refractivity contribution in [2.24, 2.45) is 0 Å². The van der Waals surface area contributed by atoms with Crippen LogP contribution in [0, 0.1) is 24.0 Å². The van der Waals surface area contributed by atoms with Crippen LogP contribution in [-0.4, -0.2) is 45.2 Å². The summed E-state index contributed by atoms with van der Waals surface area (Å²) in [4.78, 5) is 39.6. The standard InChI is InChI=1S/C22H24N4O4S/c1-4-24-21(27)20(31-22(24)28)12-16-11-14(2)25(15(16)3)17-7-8-18(19(13-17)26(29)30)23-9-5-6-10-23/h7-8,11-13H,4-6,9-10H2,1-3H3/b20-12-. The fraction of sp³-hybridized carbons (Fsp3) is 0.364. The molecule has 0 bridgehead atoms. The third-order valence-corrected chi connectivity index (χ3v) is 6.71. The molecular formula is C22H24N4O4S. The molecule has 0 N–H and O–H groups in total. The average Bonchev–Trinajstić information content (AvgIpc) is 3.42. The van der Waals surface area contributed by atoms with E-state index in [2.05, 4.69) is 4.90 Å². The highest BCUT2D eigenvalue weighted by atomic mass is 32.2. The van der Waals surface area contributed by atoms with Crippen molar-refractivity contribution in [2.45, 2.75) is 33.6 Å². The number of nitro benzene ring substituents is 1. The van der Waals surface area contributed by atoms with Crippen molar-refractivity contribution < 1.29 is 14.5 Å². The molecule has 2 amide bonds. The van der Waals surface area contributed by atoms with Crippen LogP contribution in [0.4, 0.5) is 16.2 Å². The number of amides is 2. The topological polar surface area (TPSA) is 88.7 Å². The van der Waals surface area contributed by atoms with Gasteiger partial charge >= 0.3 is 0 Å². The number of anilines is 1. The Hall–Kier alpha value is -3.07. The molecule has 8 nitrogen and oxygen atoms in total. The Labute approximate surface area is 184 Å². The molecule has 1 aromatic carbocycles. The molecule has 2 aliphatic heterocycles. The maximum absolute atomic E-state index is 12.4. The summed E-state index contributed by atoms with van der Waals surface area (Å²) in [6.07, 6.45) is 3.81. The minimum absolute atomic E-state index is 0.0949. The van der Waals surface area contributed by atoms with Crippen LogP contribution in [0.5, 0.6) is 0 Å². The molecule has 0 radical (unpaired) electrons. The second-order valence-corrected chi connectivity index (χ2v) is 8.71. The van der Waals surface area contributed by atoms with E-state index in [4.69, 9.17) is 0 Å². The number of likely N-dealkylation sites (N-methyl/N-ethyl adjacent to an activating group) is 1. The highest BCUT2D eigenvalue weighted by Crippen LogP contribution is 2.36. The molecule has 9 heteroatoms. The number of nitro groups is 1. The Bertz CT molecular complexity index is 1110. The number of rotatable bonds is 5. The summed E-state index contributed by atoms with van der Waals surface area (Å²) < 4.78 is 1.94. The number of benzene rings is 1. The number of nitrogens with zero attached hydrogens (tertiary/aromatic N) is 4. The molecule has 0 spiro atoms. The molecule has 0 atom stereocenters. The lowest BCUT2D eigenvalue weighted by atomic mass is 10.2. The maximum atomic E-state index is 12.4. The zero-order valence-corrected chi connectivity index (χ0v) is 18.6. The van der Waals surface area contributed by atoms with Gasteiger partial charge in [0.05, 0.1) is 15.5 Å². The van der Waals surface area contributed by atoms with Gasteiger partial charge in [-0.15, -0.1) is 0 Å². The van der Waals surface area contributed by atoms with Gasteiger partial charge in [-0.1, -0.05) is 0 Å². The van der Waals surface area contributed by atoms with Gasteiger partial charge in [-0.2, -0.15) is 0 Å².